The molecule has 0 unspecified atom stereocenters. The number of nitrogens with zero attached hydrogens (tertiary/aromatic N) is 1. The first-order chi connectivity index (χ1) is 7.25. The van der Waals surface area contributed by atoms with Gasteiger partial charge in [0.2, 0.25) is 0 Å². The number of hydrogen-bond donors (Lipinski definition) is 0. The molecule has 1 aromatic heterocycles. The van der Waals surface area contributed by atoms with Crippen molar-refractivity contribution in [1.82, 2.24) is 4.98 Å². The van der Waals surface area contributed by atoms with Crippen LogP contribution < -0.4 is 4.74 Å². The van der Waals surface area contributed by atoms with E-state index in [2.05, 4.69) is 11.9 Å². The summed E-state index contributed by atoms with van der Waals surface area (Å²) in [4.78, 5) is 3.87. The second kappa shape index (κ2) is 4.09. The minimum atomic E-state index is -0.411. The molecule has 75 valence electrons. The molecule has 1 heterocycles. The summed E-state index contributed by atoms with van der Waals surface area (Å²) in [6, 6.07) is 7.89. The molecule has 0 saturated heterocycles. The topological polar surface area (TPSA) is 22.1 Å². The van der Waals surface area contributed by atoms with E-state index in [1.165, 1.54) is 12.3 Å². The maximum Gasteiger partial charge on any atom is 0.165 e. The number of rotatable bonds is 2. The van der Waals surface area contributed by atoms with Crippen LogP contribution in [0.15, 0.2) is 42.7 Å². The maximum atomic E-state index is 13.3. The maximum absolute atomic E-state index is 13.3. The van der Waals surface area contributed by atoms with Crippen molar-refractivity contribution in [2.75, 3.05) is 0 Å². The van der Waals surface area contributed by atoms with E-state index in [0.717, 1.165) is 0 Å². The molecule has 0 amide bonds. The number of ether oxygens (including phenoxy) is 1. The van der Waals surface area contributed by atoms with Gasteiger partial charge in [0.1, 0.15) is 5.75 Å². The summed E-state index contributed by atoms with van der Waals surface area (Å²) in [5, 5.41) is 0. The fraction of sp³-hybridized carbons (Fsp3) is 0. The predicted molar refractivity (Wildman–Crippen MR) is 55.2 cm³/mol. The third-order valence-electron chi connectivity index (χ3n) is 1.86. The molecule has 1 radical (unpaired) electrons. The van der Waals surface area contributed by atoms with Gasteiger partial charge in [0.05, 0.1) is 6.20 Å². The molecule has 0 fully saturated rings. The Kier molecular flexibility index (Phi) is 2.63. The number of hydrogen-bond acceptors (Lipinski definition) is 2. The summed E-state index contributed by atoms with van der Waals surface area (Å²) in [5.41, 5.74) is 0.704. The predicted octanol–water partition coefficient (Wildman–Crippen LogP) is 3.20. The first-order valence-electron chi connectivity index (χ1n) is 4.45. The van der Waals surface area contributed by atoms with Gasteiger partial charge in [0.15, 0.2) is 11.6 Å². The lowest BCUT2D eigenvalue weighted by Gasteiger charge is -2.06. The molecule has 0 aliphatic heterocycles. The average molecular weight is 202 g/mol. The van der Waals surface area contributed by atoms with Gasteiger partial charge >= 0.3 is 0 Å². The third-order valence-corrected chi connectivity index (χ3v) is 1.86. The molecule has 15 heavy (non-hydrogen) atoms. The highest BCUT2D eigenvalue weighted by Crippen LogP contribution is 2.24. The van der Waals surface area contributed by atoms with Gasteiger partial charge in [-0.05, 0) is 36.8 Å². The lowest BCUT2D eigenvalue weighted by atomic mass is 10.2. The molecule has 3 heteroatoms. The van der Waals surface area contributed by atoms with E-state index >= 15 is 0 Å². The molecule has 1 aromatic carbocycles. The zero-order valence-electron chi connectivity index (χ0n) is 7.98. The Morgan fingerprint density at radius 3 is 2.87 bits per heavy atom. The van der Waals surface area contributed by atoms with E-state index in [-0.39, 0.29) is 5.75 Å². The van der Waals surface area contributed by atoms with Crippen molar-refractivity contribution in [3.05, 3.63) is 61.0 Å². The second-order valence-corrected chi connectivity index (χ2v) is 3.06. The van der Waals surface area contributed by atoms with Crippen LogP contribution in [0.3, 0.4) is 0 Å². The van der Waals surface area contributed by atoms with Crippen molar-refractivity contribution in [2.45, 2.75) is 0 Å². The average Bonchev–Trinajstić information content (AvgIpc) is 2.25. The van der Waals surface area contributed by atoms with E-state index in [9.17, 15) is 4.39 Å². The zero-order valence-corrected chi connectivity index (χ0v) is 7.98. The Hall–Kier alpha value is -1.90. The van der Waals surface area contributed by atoms with Crippen LogP contribution in [-0.4, -0.2) is 4.98 Å². The molecule has 0 bridgehead atoms. The van der Waals surface area contributed by atoms with Gasteiger partial charge in [-0.15, -0.1) is 0 Å². The molecular formula is C12H9FNO. The summed E-state index contributed by atoms with van der Waals surface area (Å²) < 4.78 is 18.6. The highest BCUT2D eigenvalue weighted by molar-refractivity contribution is 5.35. The van der Waals surface area contributed by atoms with E-state index < -0.39 is 5.82 Å². The lowest BCUT2D eigenvalue weighted by Crippen LogP contribution is -1.89. The van der Waals surface area contributed by atoms with Gasteiger partial charge in [-0.3, -0.25) is 4.98 Å². The Balaban J connectivity index is 2.28. The normalized spacial score (nSPS) is 10.0. The molecule has 2 rings (SSSR count). The minimum absolute atomic E-state index is 0.163. The van der Waals surface area contributed by atoms with Crippen molar-refractivity contribution in [2.24, 2.45) is 0 Å². The summed E-state index contributed by atoms with van der Waals surface area (Å²) >= 11 is 0. The van der Waals surface area contributed by atoms with Crippen LogP contribution in [-0.2, 0) is 0 Å². The van der Waals surface area contributed by atoms with Crippen molar-refractivity contribution in [3.8, 4) is 11.5 Å². The van der Waals surface area contributed by atoms with Crippen molar-refractivity contribution in [3.63, 3.8) is 0 Å². The standard InChI is InChI=1S/C12H9FNO/c1-9-4-5-11(13)12(7-9)15-10-3-2-6-14-8-10/h2-8H,1H2. The highest BCUT2D eigenvalue weighted by Gasteiger charge is 2.04. The van der Waals surface area contributed by atoms with Crippen LogP contribution in [0.2, 0.25) is 0 Å². The monoisotopic (exact) mass is 202 g/mol. The summed E-state index contributed by atoms with van der Waals surface area (Å²) in [7, 11) is 0. The van der Waals surface area contributed by atoms with Crippen molar-refractivity contribution in [1.29, 1.82) is 0 Å². The van der Waals surface area contributed by atoms with Crippen LogP contribution >= 0.6 is 0 Å². The molecule has 0 saturated carbocycles. The van der Waals surface area contributed by atoms with E-state index in [0.29, 0.717) is 11.3 Å². The minimum Gasteiger partial charge on any atom is -0.453 e. The number of aromatic nitrogens is 1. The summed E-state index contributed by atoms with van der Waals surface area (Å²) in [6.07, 6.45) is 3.15. The summed E-state index contributed by atoms with van der Waals surface area (Å²) in [6.45, 7) is 3.70. The lowest BCUT2D eigenvalue weighted by molar-refractivity contribution is 0.440. The van der Waals surface area contributed by atoms with E-state index in [1.807, 2.05) is 0 Å². The van der Waals surface area contributed by atoms with Crippen LogP contribution in [0.4, 0.5) is 4.39 Å². The Bertz CT molecular complexity index is 456. The van der Waals surface area contributed by atoms with Crippen LogP contribution in [0.25, 0.3) is 0 Å². The van der Waals surface area contributed by atoms with Gasteiger partial charge < -0.3 is 4.74 Å². The number of halogens is 1. The third kappa shape index (κ3) is 2.31. The number of benzene rings is 1. The largest absolute Gasteiger partial charge is 0.453 e. The smallest absolute Gasteiger partial charge is 0.165 e. The highest BCUT2D eigenvalue weighted by atomic mass is 19.1. The molecular weight excluding hydrogens is 193 g/mol. The molecule has 2 nitrogen and oxygen atoms in total. The van der Waals surface area contributed by atoms with Gasteiger partial charge in [-0.25, -0.2) is 4.39 Å². The van der Waals surface area contributed by atoms with Crippen molar-refractivity contribution >= 4 is 0 Å². The fourth-order valence-electron chi connectivity index (χ4n) is 1.16. The Labute approximate surface area is 87.4 Å². The summed E-state index contributed by atoms with van der Waals surface area (Å²) in [5.74, 6) is 0.253. The second-order valence-electron chi connectivity index (χ2n) is 3.06. The van der Waals surface area contributed by atoms with Gasteiger partial charge in [0.25, 0.3) is 0 Å². The van der Waals surface area contributed by atoms with Crippen molar-refractivity contribution < 1.29 is 9.13 Å². The van der Waals surface area contributed by atoms with E-state index in [4.69, 9.17) is 4.74 Å². The zero-order chi connectivity index (χ0) is 10.7. The fourth-order valence-corrected chi connectivity index (χ4v) is 1.16. The SMILES string of the molecule is [CH2]c1ccc(F)c(Oc2cccnc2)c1. The first kappa shape index (κ1) is 9.65. The van der Waals surface area contributed by atoms with Gasteiger partial charge in [-0.1, -0.05) is 6.07 Å². The quantitative estimate of drug-likeness (QED) is 0.746. The number of pyridine rings is 1. The molecule has 0 aliphatic rings. The molecule has 0 atom stereocenters. The van der Waals surface area contributed by atoms with Crippen LogP contribution in [0.5, 0.6) is 11.5 Å². The van der Waals surface area contributed by atoms with Crippen LogP contribution in [0, 0.1) is 12.7 Å². The Morgan fingerprint density at radius 1 is 1.27 bits per heavy atom. The van der Waals surface area contributed by atoms with Gasteiger partial charge in [-0.2, -0.15) is 0 Å². The van der Waals surface area contributed by atoms with E-state index in [1.54, 1.807) is 30.5 Å². The molecule has 0 N–H and O–H groups in total. The first-order valence-corrected chi connectivity index (χ1v) is 4.45. The molecule has 2 aromatic rings. The molecule has 0 aliphatic carbocycles. The van der Waals surface area contributed by atoms with Gasteiger partial charge in [0, 0.05) is 6.20 Å². The Morgan fingerprint density at radius 2 is 2.13 bits per heavy atom. The molecule has 0 spiro atoms. The van der Waals surface area contributed by atoms with Crippen LogP contribution in [0.1, 0.15) is 5.56 Å².